The number of aliphatic hydroxyl groups is 1. The van der Waals surface area contributed by atoms with E-state index in [1.807, 2.05) is 0 Å². The Labute approximate surface area is 133 Å². The van der Waals surface area contributed by atoms with Crippen LogP contribution in [0.25, 0.3) is 0 Å². The van der Waals surface area contributed by atoms with Crippen LogP contribution in [0.2, 0.25) is 0 Å². The van der Waals surface area contributed by atoms with Gasteiger partial charge in [0.25, 0.3) is 0 Å². The Hall–Kier alpha value is -0.500. The van der Waals surface area contributed by atoms with E-state index in [0.29, 0.717) is 6.61 Å². The van der Waals surface area contributed by atoms with Crippen LogP contribution in [0.1, 0.15) is 96.3 Å². The van der Waals surface area contributed by atoms with E-state index in [1.54, 1.807) is 0 Å². The van der Waals surface area contributed by atoms with Crippen LogP contribution in [-0.4, -0.2) is 18.3 Å². The highest BCUT2D eigenvalue weighted by atomic mass is 16.5. The Bertz CT molecular complexity index is 192. The number of ether oxygens (including phenoxy) is 1. The number of aliphatic hydroxyl groups excluding tert-OH is 1. The molecule has 21 heavy (non-hydrogen) atoms. The van der Waals surface area contributed by atoms with Gasteiger partial charge in [0.2, 0.25) is 0 Å². The molecule has 0 amide bonds. The molecule has 0 saturated heterocycles. The molecule has 0 unspecified atom stereocenters. The van der Waals surface area contributed by atoms with Crippen molar-refractivity contribution in [1.82, 2.24) is 0 Å². The molecule has 0 heterocycles. The van der Waals surface area contributed by atoms with Crippen LogP contribution in [0.4, 0.5) is 0 Å². The topological polar surface area (TPSA) is 29.5 Å². The van der Waals surface area contributed by atoms with Crippen molar-refractivity contribution in [3.05, 3.63) is 12.8 Å². The summed E-state index contributed by atoms with van der Waals surface area (Å²) in [4.78, 5) is 0. The number of rotatable bonds is 18. The minimum atomic E-state index is 0.364. The normalized spacial score (nSPS) is 10.7. The van der Waals surface area contributed by atoms with Gasteiger partial charge in [-0.15, -0.1) is 0 Å². The highest BCUT2D eigenvalue weighted by molar-refractivity contribution is 4.51. The lowest BCUT2D eigenvalue weighted by atomic mass is 10.0. The zero-order valence-corrected chi connectivity index (χ0v) is 14.2. The smallest absolute Gasteiger partial charge is 0.0873 e. The predicted molar refractivity (Wildman–Crippen MR) is 92.5 cm³/mol. The summed E-state index contributed by atoms with van der Waals surface area (Å²) in [6.45, 7) is 4.74. The fraction of sp³-hybridized carbons (Fsp3) is 0.895. The van der Waals surface area contributed by atoms with Crippen LogP contribution in [0.3, 0.4) is 0 Å². The van der Waals surface area contributed by atoms with Gasteiger partial charge < -0.3 is 9.84 Å². The molecule has 0 spiro atoms. The minimum absolute atomic E-state index is 0.364. The van der Waals surface area contributed by atoms with E-state index in [1.165, 1.54) is 96.2 Å². The molecule has 2 heteroatoms. The van der Waals surface area contributed by atoms with E-state index in [4.69, 9.17) is 9.84 Å². The van der Waals surface area contributed by atoms with Crippen LogP contribution in [0.5, 0.6) is 0 Å². The lowest BCUT2D eigenvalue weighted by molar-refractivity contribution is 0.241. The molecule has 0 aromatic rings. The molecule has 0 aliphatic rings. The van der Waals surface area contributed by atoms with Crippen molar-refractivity contribution >= 4 is 0 Å². The molecule has 0 radical (unpaired) electrons. The van der Waals surface area contributed by atoms with Gasteiger partial charge in [-0.2, -0.15) is 0 Å². The molecule has 0 aliphatic heterocycles. The Kier molecular flexibility index (Phi) is 19.0. The van der Waals surface area contributed by atoms with E-state index >= 15 is 0 Å². The molecule has 0 fully saturated rings. The van der Waals surface area contributed by atoms with Crippen LogP contribution >= 0.6 is 0 Å². The fourth-order valence-electron chi connectivity index (χ4n) is 2.68. The molecule has 0 aromatic heterocycles. The van der Waals surface area contributed by atoms with Gasteiger partial charge in [-0.1, -0.05) is 90.0 Å². The highest BCUT2D eigenvalue weighted by Crippen LogP contribution is 2.13. The molecule has 0 aromatic carbocycles. The van der Waals surface area contributed by atoms with Gasteiger partial charge in [0.05, 0.1) is 12.9 Å². The van der Waals surface area contributed by atoms with E-state index in [-0.39, 0.29) is 0 Å². The lowest BCUT2D eigenvalue weighted by Crippen LogP contribution is -1.87. The molecule has 126 valence electrons. The van der Waals surface area contributed by atoms with E-state index in [0.717, 1.165) is 13.0 Å². The molecule has 0 rings (SSSR count). The number of hydrogen-bond donors (Lipinski definition) is 1. The zero-order chi connectivity index (χ0) is 15.4. The van der Waals surface area contributed by atoms with E-state index < -0.39 is 0 Å². The Balaban J connectivity index is 2.91. The first-order valence-electron chi connectivity index (χ1n) is 9.25. The fourth-order valence-corrected chi connectivity index (χ4v) is 2.68. The third-order valence-electron chi connectivity index (χ3n) is 4.04. The second-order valence-electron chi connectivity index (χ2n) is 6.06. The van der Waals surface area contributed by atoms with E-state index in [2.05, 4.69) is 6.58 Å². The minimum Gasteiger partial charge on any atom is -0.502 e. The summed E-state index contributed by atoms with van der Waals surface area (Å²) < 4.78 is 5.11. The monoisotopic (exact) mass is 298 g/mol. The van der Waals surface area contributed by atoms with Gasteiger partial charge in [0.15, 0.2) is 0 Å². The molecule has 1 N–H and O–H groups in total. The van der Waals surface area contributed by atoms with Gasteiger partial charge in [0.1, 0.15) is 0 Å². The van der Waals surface area contributed by atoms with Crippen molar-refractivity contribution in [3.8, 4) is 0 Å². The molecular formula is C19H38O2. The second kappa shape index (κ2) is 19.5. The van der Waals surface area contributed by atoms with Crippen molar-refractivity contribution in [2.24, 2.45) is 0 Å². The summed E-state index contributed by atoms with van der Waals surface area (Å²) in [5, 5.41) is 8.68. The lowest BCUT2D eigenvalue weighted by Gasteiger charge is -2.03. The average molecular weight is 299 g/mol. The largest absolute Gasteiger partial charge is 0.502 e. The molecular weight excluding hydrogens is 260 g/mol. The Morgan fingerprint density at radius 3 is 1.24 bits per heavy atom. The second-order valence-corrected chi connectivity index (χ2v) is 6.06. The summed E-state index contributed by atoms with van der Waals surface area (Å²) in [5.74, 6) is 0. The first-order valence-corrected chi connectivity index (χ1v) is 9.25. The molecule has 0 saturated carbocycles. The summed E-state index contributed by atoms with van der Waals surface area (Å²) in [7, 11) is 0. The molecule has 0 bridgehead atoms. The van der Waals surface area contributed by atoms with Crippen molar-refractivity contribution in [1.29, 1.82) is 0 Å². The molecule has 0 aliphatic carbocycles. The quantitative estimate of drug-likeness (QED) is 0.249. The van der Waals surface area contributed by atoms with Crippen LogP contribution in [0, 0.1) is 0 Å². The summed E-state index contributed by atoms with van der Waals surface area (Å²) >= 11 is 0. The van der Waals surface area contributed by atoms with Gasteiger partial charge in [-0.05, 0) is 12.8 Å². The maximum Gasteiger partial charge on any atom is 0.0873 e. The van der Waals surface area contributed by atoms with Crippen molar-refractivity contribution < 1.29 is 9.84 Å². The number of hydrogen-bond acceptors (Lipinski definition) is 2. The van der Waals surface area contributed by atoms with Gasteiger partial charge in [-0.25, -0.2) is 0 Å². The first-order chi connectivity index (χ1) is 10.4. The maximum atomic E-state index is 8.68. The Morgan fingerprint density at radius 2 is 0.905 bits per heavy atom. The maximum absolute atomic E-state index is 8.68. The van der Waals surface area contributed by atoms with Crippen LogP contribution in [-0.2, 0) is 4.74 Å². The Morgan fingerprint density at radius 1 is 0.571 bits per heavy atom. The van der Waals surface area contributed by atoms with Crippen molar-refractivity contribution in [3.63, 3.8) is 0 Å². The third kappa shape index (κ3) is 19.5. The summed E-state index contributed by atoms with van der Waals surface area (Å²) in [6, 6.07) is 0. The first kappa shape index (κ1) is 20.5. The van der Waals surface area contributed by atoms with Crippen LogP contribution in [0.15, 0.2) is 12.8 Å². The summed E-state index contributed by atoms with van der Waals surface area (Å²) in [6.07, 6.45) is 21.5. The standard InChI is InChI=1S/C19H38O2/c1-2-21-19-17-15-13-11-9-7-5-3-4-6-8-10-12-14-16-18-20/h2,20H,1,3-19H2. The zero-order valence-electron chi connectivity index (χ0n) is 14.2. The van der Waals surface area contributed by atoms with Crippen LogP contribution < -0.4 is 0 Å². The van der Waals surface area contributed by atoms with Gasteiger partial charge in [-0.3, -0.25) is 0 Å². The molecule has 2 nitrogen and oxygen atoms in total. The van der Waals surface area contributed by atoms with Crippen molar-refractivity contribution in [2.45, 2.75) is 96.3 Å². The average Bonchev–Trinajstić information content (AvgIpc) is 2.50. The SMILES string of the molecule is C=COCCCCCCCCCCCCCCCCCO. The van der Waals surface area contributed by atoms with Crippen molar-refractivity contribution in [2.75, 3.05) is 13.2 Å². The highest BCUT2D eigenvalue weighted by Gasteiger charge is 1.94. The van der Waals surface area contributed by atoms with Gasteiger partial charge >= 0.3 is 0 Å². The summed E-state index contributed by atoms with van der Waals surface area (Å²) in [5.41, 5.74) is 0. The third-order valence-corrected chi connectivity index (χ3v) is 4.04. The van der Waals surface area contributed by atoms with Gasteiger partial charge in [0, 0.05) is 6.61 Å². The van der Waals surface area contributed by atoms with E-state index in [9.17, 15) is 0 Å². The number of unbranched alkanes of at least 4 members (excludes halogenated alkanes) is 14. The predicted octanol–water partition coefficient (Wildman–Crippen LogP) is 5.99. The molecule has 0 atom stereocenters.